The number of benzene rings is 2. The number of fused-ring (bicyclic) bond motifs is 1. The van der Waals surface area contributed by atoms with Gasteiger partial charge in [-0.1, -0.05) is 24.6 Å². The van der Waals surface area contributed by atoms with Crippen molar-refractivity contribution in [3.63, 3.8) is 0 Å². The molecule has 0 saturated carbocycles. The number of nitrogens with zero attached hydrogens (tertiary/aromatic N) is 2. The minimum atomic E-state index is -0.620. The van der Waals surface area contributed by atoms with Crippen molar-refractivity contribution in [3.05, 3.63) is 64.3 Å². The number of nitrogens with one attached hydrogen (secondary N) is 2. The lowest BCUT2D eigenvalue weighted by molar-refractivity contribution is -0.127. The van der Waals surface area contributed by atoms with Crippen molar-refractivity contribution in [2.75, 3.05) is 23.8 Å². The van der Waals surface area contributed by atoms with E-state index in [2.05, 4.69) is 55.5 Å². The van der Waals surface area contributed by atoms with Gasteiger partial charge in [0.1, 0.15) is 12.2 Å². The molecule has 2 aromatic rings. The van der Waals surface area contributed by atoms with E-state index in [0.29, 0.717) is 16.6 Å². The van der Waals surface area contributed by atoms with E-state index in [9.17, 15) is 14.4 Å². The second-order valence-electron chi connectivity index (χ2n) is 9.23. The first-order valence-corrected chi connectivity index (χ1v) is 11.2. The lowest BCUT2D eigenvalue weighted by Gasteiger charge is -2.45. The highest BCUT2D eigenvalue weighted by Gasteiger charge is 2.36. The Bertz CT molecular complexity index is 1160. The Kier molecular flexibility index (Phi) is 5.93. The fraction of sp³-hybridized carbons (Fsp3) is 0.320. The lowest BCUT2D eigenvalue weighted by atomic mass is 9.80. The maximum atomic E-state index is 12.8. The van der Waals surface area contributed by atoms with E-state index >= 15 is 0 Å². The first kappa shape index (κ1) is 22.9. The Morgan fingerprint density at radius 2 is 1.91 bits per heavy atom. The number of amides is 4. The first-order chi connectivity index (χ1) is 15.5. The van der Waals surface area contributed by atoms with Crippen LogP contribution in [0.3, 0.4) is 0 Å². The number of urea groups is 1. The van der Waals surface area contributed by atoms with E-state index in [1.807, 2.05) is 6.07 Å². The molecule has 7 nitrogen and oxygen atoms in total. The highest BCUT2D eigenvalue weighted by atomic mass is 35.5. The smallest absolute Gasteiger partial charge is 0.329 e. The average Bonchev–Trinajstić information content (AvgIpc) is 3.01. The van der Waals surface area contributed by atoms with Gasteiger partial charge in [0.05, 0.1) is 0 Å². The zero-order chi connectivity index (χ0) is 23.9. The molecule has 2 N–H and O–H groups in total. The molecule has 0 bridgehead atoms. The number of halogens is 1. The second-order valence-corrected chi connectivity index (χ2v) is 9.67. The molecule has 2 aromatic carbocycles. The first-order valence-electron chi connectivity index (χ1n) is 10.8. The van der Waals surface area contributed by atoms with Gasteiger partial charge in [-0.3, -0.25) is 9.59 Å². The summed E-state index contributed by atoms with van der Waals surface area (Å²) in [6.07, 6.45) is 2.67. The minimum absolute atomic E-state index is 0.0644. The van der Waals surface area contributed by atoms with Crippen molar-refractivity contribution >= 4 is 46.9 Å². The van der Waals surface area contributed by atoms with Gasteiger partial charge >= 0.3 is 6.03 Å². The van der Waals surface area contributed by atoms with Crippen molar-refractivity contribution in [2.45, 2.75) is 38.6 Å². The van der Waals surface area contributed by atoms with Gasteiger partial charge in [-0.05, 0) is 79.8 Å². The van der Waals surface area contributed by atoms with E-state index < -0.39 is 17.8 Å². The number of anilines is 2. The lowest BCUT2D eigenvalue weighted by Crippen LogP contribution is -2.45. The Hall–Kier alpha value is -3.32. The molecule has 0 aliphatic carbocycles. The van der Waals surface area contributed by atoms with Crippen LogP contribution in [0.4, 0.5) is 16.2 Å². The number of rotatable bonds is 4. The summed E-state index contributed by atoms with van der Waals surface area (Å²) in [7, 11) is 2.09. The SMILES string of the molecule is C[C@H]1CC(C)(C)N(C)c2ccc(/C=C3\NC(=O)N(CC(=O)Nc4ccc(Cl)cc4)C3=O)cc21. The van der Waals surface area contributed by atoms with Gasteiger partial charge in [-0.2, -0.15) is 0 Å². The molecule has 2 aliphatic heterocycles. The molecule has 1 saturated heterocycles. The Labute approximate surface area is 198 Å². The van der Waals surface area contributed by atoms with Crippen LogP contribution in [-0.2, 0) is 9.59 Å². The predicted molar refractivity (Wildman–Crippen MR) is 130 cm³/mol. The molecule has 0 unspecified atom stereocenters. The monoisotopic (exact) mass is 466 g/mol. The van der Waals surface area contributed by atoms with Gasteiger partial charge in [0.2, 0.25) is 5.91 Å². The van der Waals surface area contributed by atoms with Gasteiger partial charge in [0.25, 0.3) is 5.91 Å². The van der Waals surface area contributed by atoms with Gasteiger partial charge in [-0.25, -0.2) is 9.69 Å². The predicted octanol–water partition coefficient (Wildman–Crippen LogP) is 4.59. The molecule has 172 valence electrons. The van der Waals surface area contributed by atoms with Crippen molar-refractivity contribution in [2.24, 2.45) is 0 Å². The van der Waals surface area contributed by atoms with Crippen molar-refractivity contribution in [1.82, 2.24) is 10.2 Å². The summed E-state index contributed by atoms with van der Waals surface area (Å²) >= 11 is 5.85. The molecule has 33 heavy (non-hydrogen) atoms. The fourth-order valence-electron chi connectivity index (χ4n) is 4.44. The highest BCUT2D eigenvalue weighted by Crippen LogP contribution is 2.42. The molecule has 0 aromatic heterocycles. The van der Waals surface area contributed by atoms with E-state index in [4.69, 9.17) is 11.6 Å². The van der Waals surface area contributed by atoms with Crippen LogP contribution in [0.15, 0.2) is 48.2 Å². The molecule has 0 radical (unpaired) electrons. The number of imide groups is 1. The molecule has 8 heteroatoms. The Morgan fingerprint density at radius 3 is 2.61 bits per heavy atom. The van der Waals surface area contributed by atoms with Crippen LogP contribution in [0.2, 0.25) is 5.02 Å². The highest BCUT2D eigenvalue weighted by molar-refractivity contribution is 6.30. The van der Waals surface area contributed by atoms with Crippen molar-refractivity contribution < 1.29 is 14.4 Å². The molecule has 4 amide bonds. The fourth-order valence-corrected chi connectivity index (χ4v) is 4.57. The number of carbonyl (C=O) groups excluding carboxylic acids is 3. The molecule has 1 fully saturated rings. The quantitative estimate of drug-likeness (QED) is 0.510. The van der Waals surface area contributed by atoms with Crippen LogP contribution in [0.5, 0.6) is 0 Å². The van der Waals surface area contributed by atoms with E-state index in [0.717, 1.165) is 16.9 Å². The van der Waals surface area contributed by atoms with Crippen LogP contribution in [0, 0.1) is 0 Å². The van der Waals surface area contributed by atoms with E-state index in [1.54, 1.807) is 30.3 Å². The summed E-state index contributed by atoms with van der Waals surface area (Å²) in [5.74, 6) is -0.642. The molecule has 2 aliphatic rings. The standard InChI is InChI=1S/C25H27ClN4O3/c1-15-13-25(2,3)29(4)21-10-5-16(11-19(15)21)12-20-23(32)30(24(33)28-20)14-22(31)27-18-8-6-17(26)7-9-18/h5-12,15H,13-14H2,1-4H3,(H,27,31)(H,28,33)/b20-12-/t15-/m0/s1. The molecule has 2 heterocycles. The van der Waals surface area contributed by atoms with Crippen molar-refractivity contribution in [1.29, 1.82) is 0 Å². The molecule has 4 rings (SSSR count). The third-order valence-electron chi connectivity index (χ3n) is 6.36. The van der Waals surface area contributed by atoms with Crippen LogP contribution in [0.1, 0.15) is 44.2 Å². The maximum Gasteiger partial charge on any atom is 0.329 e. The number of hydrogen-bond donors (Lipinski definition) is 2. The third kappa shape index (κ3) is 4.59. The van der Waals surface area contributed by atoms with E-state index in [1.165, 1.54) is 11.3 Å². The summed E-state index contributed by atoms with van der Waals surface area (Å²) in [5, 5.41) is 5.78. The Morgan fingerprint density at radius 1 is 1.21 bits per heavy atom. The van der Waals surface area contributed by atoms with Gasteiger partial charge in [-0.15, -0.1) is 0 Å². The summed E-state index contributed by atoms with van der Waals surface area (Å²) in [5.41, 5.74) is 3.95. The molecular weight excluding hydrogens is 440 g/mol. The Balaban J connectivity index is 1.49. The number of hydrogen-bond acceptors (Lipinski definition) is 4. The molecular formula is C25H27ClN4O3. The average molecular weight is 467 g/mol. The van der Waals surface area contributed by atoms with Crippen LogP contribution >= 0.6 is 11.6 Å². The third-order valence-corrected chi connectivity index (χ3v) is 6.61. The van der Waals surface area contributed by atoms with Gasteiger partial charge in [0.15, 0.2) is 0 Å². The number of carbonyl (C=O) groups is 3. The normalized spacial score (nSPS) is 20.6. The van der Waals surface area contributed by atoms with Gasteiger partial charge < -0.3 is 15.5 Å². The molecule has 1 atom stereocenters. The van der Waals surface area contributed by atoms with Crippen LogP contribution in [-0.4, -0.2) is 41.9 Å². The van der Waals surface area contributed by atoms with Crippen LogP contribution < -0.4 is 15.5 Å². The van der Waals surface area contributed by atoms with E-state index in [-0.39, 0.29) is 17.8 Å². The van der Waals surface area contributed by atoms with Gasteiger partial charge in [0, 0.05) is 29.0 Å². The topological polar surface area (TPSA) is 81.8 Å². The van der Waals surface area contributed by atoms with Crippen LogP contribution in [0.25, 0.3) is 6.08 Å². The maximum absolute atomic E-state index is 12.8. The zero-order valence-electron chi connectivity index (χ0n) is 19.1. The minimum Gasteiger partial charge on any atom is -0.369 e. The van der Waals surface area contributed by atoms with Crippen molar-refractivity contribution in [3.8, 4) is 0 Å². The summed E-state index contributed by atoms with van der Waals surface area (Å²) < 4.78 is 0. The zero-order valence-corrected chi connectivity index (χ0v) is 19.9. The largest absolute Gasteiger partial charge is 0.369 e. The summed E-state index contributed by atoms with van der Waals surface area (Å²) in [4.78, 5) is 40.7. The molecule has 0 spiro atoms. The summed E-state index contributed by atoms with van der Waals surface area (Å²) in [6.45, 7) is 6.28. The summed E-state index contributed by atoms with van der Waals surface area (Å²) in [6, 6.07) is 12.0. The second kappa shape index (κ2) is 8.56.